The normalized spacial score (nSPS) is 11.4. The van der Waals surface area contributed by atoms with E-state index in [0.29, 0.717) is 0 Å². The summed E-state index contributed by atoms with van der Waals surface area (Å²) in [5, 5.41) is 11.7. The number of nitrogens with one attached hydrogen (secondary N) is 1. The molecule has 0 spiro atoms. The molecule has 20 heavy (non-hydrogen) atoms. The van der Waals surface area contributed by atoms with Crippen LogP contribution in [0.3, 0.4) is 0 Å². The molecule has 0 amide bonds. The second-order valence-corrected chi connectivity index (χ2v) is 6.11. The molecule has 2 rings (SSSR count). The van der Waals surface area contributed by atoms with Gasteiger partial charge in [0.15, 0.2) is 0 Å². The molecule has 2 aromatic rings. The van der Waals surface area contributed by atoms with Crippen LogP contribution in [0.5, 0.6) is 0 Å². The van der Waals surface area contributed by atoms with Crippen molar-refractivity contribution in [3.8, 4) is 11.3 Å². The van der Waals surface area contributed by atoms with E-state index in [1.807, 2.05) is 19.1 Å². The van der Waals surface area contributed by atoms with E-state index in [-0.39, 0.29) is 5.41 Å². The van der Waals surface area contributed by atoms with Gasteiger partial charge in [0.2, 0.25) is 0 Å². The Balaban J connectivity index is 2.33. The Morgan fingerprint density at radius 1 is 1.05 bits per heavy atom. The monoisotopic (exact) mass is 269 g/mol. The fourth-order valence-electron chi connectivity index (χ4n) is 2.17. The van der Waals surface area contributed by atoms with E-state index in [2.05, 4.69) is 61.4 Å². The van der Waals surface area contributed by atoms with Crippen molar-refractivity contribution in [1.82, 2.24) is 10.2 Å². The summed E-state index contributed by atoms with van der Waals surface area (Å²) in [5.41, 5.74) is 4.82. The average molecular weight is 269 g/mol. The van der Waals surface area contributed by atoms with Gasteiger partial charge in [-0.05, 0) is 42.5 Å². The maximum atomic E-state index is 4.31. The number of hydrogen-bond donors (Lipinski definition) is 1. The number of benzene rings is 1. The van der Waals surface area contributed by atoms with E-state index >= 15 is 0 Å². The van der Waals surface area contributed by atoms with Crippen LogP contribution in [0.25, 0.3) is 11.3 Å². The lowest BCUT2D eigenvalue weighted by molar-refractivity contribution is 0.590. The van der Waals surface area contributed by atoms with E-state index in [1.54, 1.807) is 0 Å². The molecule has 3 nitrogen and oxygen atoms in total. The third-order valence-corrected chi connectivity index (χ3v) is 3.39. The van der Waals surface area contributed by atoms with E-state index in [9.17, 15) is 0 Å². The summed E-state index contributed by atoms with van der Waals surface area (Å²) < 4.78 is 0. The second-order valence-electron chi connectivity index (χ2n) is 6.11. The van der Waals surface area contributed by atoms with Crippen molar-refractivity contribution >= 4 is 5.82 Å². The molecular formula is C17H23N3. The van der Waals surface area contributed by atoms with E-state index in [0.717, 1.165) is 23.6 Å². The van der Waals surface area contributed by atoms with Crippen molar-refractivity contribution in [2.24, 2.45) is 0 Å². The van der Waals surface area contributed by atoms with Crippen LogP contribution in [0.2, 0.25) is 0 Å². The van der Waals surface area contributed by atoms with Gasteiger partial charge in [-0.1, -0.05) is 39.0 Å². The van der Waals surface area contributed by atoms with Gasteiger partial charge >= 0.3 is 0 Å². The molecule has 1 heterocycles. The average Bonchev–Trinajstić information content (AvgIpc) is 2.39. The van der Waals surface area contributed by atoms with Crippen LogP contribution in [0.4, 0.5) is 5.82 Å². The van der Waals surface area contributed by atoms with Gasteiger partial charge in [0, 0.05) is 12.1 Å². The number of anilines is 1. The number of aromatic nitrogens is 2. The van der Waals surface area contributed by atoms with Gasteiger partial charge in [-0.15, -0.1) is 10.2 Å². The quantitative estimate of drug-likeness (QED) is 0.908. The Kier molecular flexibility index (Phi) is 4.07. The molecule has 0 unspecified atom stereocenters. The summed E-state index contributed by atoms with van der Waals surface area (Å²) in [6.45, 7) is 11.7. The number of nitrogens with zero attached hydrogens (tertiary/aromatic N) is 2. The fraction of sp³-hybridized carbons (Fsp3) is 0.412. The van der Waals surface area contributed by atoms with Crippen LogP contribution in [0.15, 0.2) is 30.3 Å². The van der Waals surface area contributed by atoms with Crippen molar-refractivity contribution in [2.45, 2.75) is 40.0 Å². The molecule has 3 heteroatoms. The van der Waals surface area contributed by atoms with Gasteiger partial charge < -0.3 is 5.32 Å². The van der Waals surface area contributed by atoms with Crippen LogP contribution in [-0.4, -0.2) is 16.7 Å². The van der Waals surface area contributed by atoms with Crippen molar-refractivity contribution in [3.63, 3.8) is 0 Å². The molecule has 0 saturated heterocycles. The highest BCUT2D eigenvalue weighted by Crippen LogP contribution is 2.28. The molecule has 0 atom stereocenters. The maximum absolute atomic E-state index is 4.31. The first-order valence-electron chi connectivity index (χ1n) is 7.11. The van der Waals surface area contributed by atoms with Crippen LogP contribution in [-0.2, 0) is 5.41 Å². The van der Waals surface area contributed by atoms with Crippen LogP contribution >= 0.6 is 0 Å². The first-order chi connectivity index (χ1) is 9.41. The molecule has 0 aliphatic carbocycles. The Morgan fingerprint density at radius 2 is 1.80 bits per heavy atom. The molecule has 0 bridgehead atoms. The molecule has 1 N–H and O–H groups in total. The number of aryl methyl sites for hydroxylation is 1. The van der Waals surface area contributed by atoms with Gasteiger partial charge in [0.25, 0.3) is 0 Å². The molecule has 0 aliphatic rings. The molecular weight excluding hydrogens is 246 g/mol. The minimum Gasteiger partial charge on any atom is -0.369 e. The molecule has 1 aromatic carbocycles. The van der Waals surface area contributed by atoms with Crippen molar-refractivity contribution in [3.05, 3.63) is 41.5 Å². The van der Waals surface area contributed by atoms with Crippen molar-refractivity contribution in [1.29, 1.82) is 0 Å². The SMILES string of the molecule is CCNc1ccc(-c2ccc(C(C)(C)C)cc2C)nn1. The van der Waals surface area contributed by atoms with Gasteiger partial charge in [0.1, 0.15) is 5.82 Å². The third kappa shape index (κ3) is 3.16. The smallest absolute Gasteiger partial charge is 0.148 e. The fourth-order valence-corrected chi connectivity index (χ4v) is 2.17. The molecule has 0 fully saturated rings. The summed E-state index contributed by atoms with van der Waals surface area (Å²) in [7, 11) is 0. The zero-order valence-corrected chi connectivity index (χ0v) is 13.0. The van der Waals surface area contributed by atoms with Crippen molar-refractivity contribution < 1.29 is 0 Å². The third-order valence-electron chi connectivity index (χ3n) is 3.39. The van der Waals surface area contributed by atoms with Gasteiger partial charge in [0.05, 0.1) is 5.69 Å². The highest BCUT2D eigenvalue weighted by molar-refractivity contribution is 5.64. The van der Waals surface area contributed by atoms with E-state index in [4.69, 9.17) is 0 Å². The van der Waals surface area contributed by atoms with E-state index in [1.165, 1.54) is 11.1 Å². The highest BCUT2D eigenvalue weighted by Gasteiger charge is 2.15. The first kappa shape index (κ1) is 14.5. The van der Waals surface area contributed by atoms with Crippen LogP contribution in [0.1, 0.15) is 38.8 Å². The maximum Gasteiger partial charge on any atom is 0.148 e. The Bertz CT molecular complexity index is 580. The molecule has 0 aliphatic heterocycles. The minimum absolute atomic E-state index is 0.171. The number of hydrogen-bond acceptors (Lipinski definition) is 3. The minimum atomic E-state index is 0.171. The predicted octanol–water partition coefficient (Wildman–Crippen LogP) is 4.18. The highest BCUT2D eigenvalue weighted by atomic mass is 15.2. The Morgan fingerprint density at radius 3 is 2.30 bits per heavy atom. The van der Waals surface area contributed by atoms with Gasteiger partial charge in [-0.2, -0.15) is 0 Å². The topological polar surface area (TPSA) is 37.8 Å². The lowest BCUT2D eigenvalue weighted by atomic mass is 9.85. The Labute approximate surface area is 121 Å². The largest absolute Gasteiger partial charge is 0.369 e. The Hall–Kier alpha value is -1.90. The summed E-state index contributed by atoms with van der Waals surface area (Å²) in [4.78, 5) is 0. The lowest BCUT2D eigenvalue weighted by Gasteiger charge is -2.20. The van der Waals surface area contributed by atoms with Crippen molar-refractivity contribution in [2.75, 3.05) is 11.9 Å². The molecule has 0 saturated carbocycles. The first-order valence-corrected chi connectivity index (χ1v) is 7.11. The second kappa shape index (κ2) is 5.61. The number of rotatable bonds is 3. The van der Waals surface area contributed by atoms with E-state index < -0.39 is 0 Å². The zero-order valence-electron chi connectivity index (χ0n) is 13.0. The molecule has 106 valence electrons. The molecule has 1 aromatic heterocycles. The van der Waals surface area contributed by atoms with Crippen LogP contribution in [0, 0.1) is 6.92 Å². The molecule has 0 radical (unpaired) electrons. The standard InChI is InChI=1S/C17H23N3/c1-6-18-16-10-9-15(19-20-16)14-8-7-13(11-12(14)2)17(3,4)5/h7-11H,6H2,1-5H3,(H,18,20). The predicted molar refractivity (Wildman–Crippen MR) is 85.1 cm³/mol. The summed E-state index contributed by atoms with van der Waals surface area (Å²) in [6.07, 6.45) is 0. The summed E-state index contributed by atoms with van der Waals surface area (Å²) in [5.74, 6) is 0.820. The summed E-state index contributed by atoms with van der Waals surface area (Å²) >= 11 is 0. The summed E-state index contributed by atoms with van der Waals surface area (Å²) in [6, 6.07) is 10.6. The van der Waals surface area contributed by atoms with Crippen LogP contribution < -0.4 is 5.32 Å². The zero-order chi connectivity index (χ0) is 14.8. The van der Waals surface area contributed by atoms with Gasteiger partial charge in [-0.25, -0.2) is 0 Å². The van der Waals surface area contributed by atoms with Gasteiger partial charge in [-0.3, -0.25) is 0 Å². The lowest BCUT2D eigenvalue weighted by Crippen LogP contribution is -2.11.